The lowest BCUT2D eigenvalue weighted by molar-refractivity contribution is -0.141. The number of amides is 1. The molecular formula is C19H22F3N5O2. The fourth-order valence-corrected chi connectivity index (χ4v) is 3.19. The third kappa shape index (κ3) is 5.07. The van der Waals surface area contributed by atoms with E-state index in [2.05, 4.69) is 15.3 Å². The van der Waals surface area contributed by atoms with Gasteiger partial charge in [-0.2, -0.15) is 13.2 Å². The number of nitrogens with zero attached hydrogens (tertiary/aromatic N) is 3. The van der Waals surface area contributed by atoms with Crippen molar-refractivity contribution in [2.24, 2.45) is 0 Å². The second kappa shape index (κ2) is 8.14. The fraction of sp³-hybridized carbons (Fsp3) is 0.421. The molecule has 156 valence electrons. The summed E-state index contributed by atoms with van der Waals surface area (Å²) < 4.78 is 38.4. The number of aromatic nitrogens is 2. The van der Waals surface area contributed by atoms with Gasteiger partial charge in [0, 0.05) is 50.5 Å². The molecular weight excluding hydrogens is 387 g/mol. The Morgan fingerprint density at radius 2 is 1.93 bits per heavy atom. The minimum absolute atomic E-state index is 0.0854. The molecule has 1 aliphatic rings. The van der Waals surface area contributed by atoms with Gasteiger partial charge in [-0.25, -0.2) is 4.98 Å². The first-order chi connectivity index (χ1) is 13.6. The number of hydrogen-bond donors (Lipinski definition) is 2. The number of hydrogen-bond acceptors (Lipinski definition) is 5. The Hall–Kier alpha value is -3.04. The molecule has 2 aromatic rings. The highest BCUT2D eigenvalue weighted by Gasteiger charge is 2.34. The zero-order chi connectivity index (χ0) is 21.2. The molecule has 1 aromatic carbocycles. The first kappa shape index (κ1) is 20.7. The molecule has 2 heterocycles. The summed E-state index contributed by atoms with van der Waals surface area (Å²) in [4.78, 5) is 33.6. The van der Waals surface area contributed by atoms with Gasteiger partial charge in [-0.15, -0.1) is 0 Å². The third-order valence-electron chi connectivity index (χ3n) is 4.76. The Bertz CT molecular complexity index is 934. The van der Waals surface area contributed by atoms with Gasteiger partial charge in [0.05, 0.1) is 0 Å². The number of carbonyl (C=O) groups excluding carboxylic acids is 1. The van der Waals surface area contributed by atoms with Gasteiger partial charge in [0.15, 0.2) is 5.69 Å². The molecule has 1 aromatic heterocycles. The van der Waals surface area contributed by atoms with Crippen LogP contribution in [0.3, 0.4) is 0 Å². The molecule has 1 amide bonds. The number of piperidine rings is 1. The highest BCUT2D eigenvalue weighted by atomic mass is 19.4. The lowest BCUT2D eigenvalue weighted by Gasteiger charge is -2.32. The van der Waals surface area contributed by atoms with E-state index < -0.39 is 17.4 Å². The maximum Gasteiger partial charge on any atom is 0.433 e. The highest BCUT2D eigenvalue weighted by molar-refractivity contribution is 5.95. The smallest absolute Gasteiger partial charge is 0.378 e. The molecule has 3 rings (SSSR count). The quantitative estimate of drug-likeness (QED) is 0.811. The number of alkyl halides is 3. The lowest BCUT2D eigenvalue weighted by Crippen LogP contribution is -2.42. The summed E-state index contributed by atoms with van der Waals surface area (Å²) in [5.74, 6) is -0.300. The molecule has 1 aliphatic heterocycles. The summed E-state index contributed by atoms with van der Waals surface area (Å²) in [7, 11) is 3.79. The van der Waals surface area contributed by atoms with Gasteiger partial charge in [0.25, 0.3) is 11.5 Å². The van der Waals surface area contributed by atoms with Crippen LogP contribution in [0.2, 0.25) is 0 Å². The average molecular weight is 409 g/mol. The molecule has 1 fully saturated rings. The molecule has 0 radical (unpaired) electrons. The molecule has 0 spiro atoms. The summed E-state index contributed by atoms with van der Waals surface area (Å²) in [5.41, 5.74) is -0.598. The normalized spacial score (nSPS) is 15.3. The summed E-state index contributed by atoms with van der Waals surface area (Å²) >= 11 is 0. The number of likely N-dealkylation sites (tertiary alicyclic amines) is 1. The summed E-state index contributed by atoms with van der Waals surface area (Å²) in [6.45, 7) is 0.901. The van der Waals surface area contributed by atoms with Crippen LogP contribution in [-0.2, 0) is 6.18 Å². The van der Waals surface area contributed by atoms with E-state index in [0.29, 0.717) is 37.6 Å². The zero-order valence-electron chi connectivity index (χ0n) is 16.1. The van der Waals surface area contributed by atoms with Crippen molar-refractivity contribution in [1.29, 1.82) is 0 Å². The first-order valence-electron chi connectivity index (χ1n) is 9.15. The Labute approximate surface area is 165 Å². The van der Waals surface area contributed by atoms with Crippen LogP contribution in [0.15, 0.2) is 35.1 Å². The van der Waals surface area contributed by atoms with Gasteiger partial charge in [0.1, 0.15) is 0 Å². The number of carbonyl (C=O) groups is 1. The van der Waals surface area contributed by atoms with Crippen LogP contribution >= 0.6 is 0 Å². The number of nitrogens with one attached hydrogen (secondary N) is 2. The second-order valence-electron chi connectivity index (χ2n) is 7.13. The van der Waals surface area contributed by atoms with Gasteiger partial charge in [-0.1, -0.05) is 6.07 Å². The number of anilines is 2. The van der Waals surface area contributed by atoms with Gasteiger partial charge >= 0.3 is 6.18 Å². The largest absolute Gasteiger partial charge is 0.433 e. The molecule has 0 aliphatic carbocycles. The summed E-state index contributed by atoms with van der Waals surface area (Å²) in [5, 5.41) is 2.85. The van der Waals surface area contributed by atoms with E-state index >= 15 is 0 Å². The molecule has 0 atom stereocenters. The van der Waals surface area contributed by atoms with Crippen molar-refractivity contribution in [3.05, 3.63) is 51.9 Å². The van der Waals surface area contributed by atoms with Crippen molar-refractivity contribution < 1.29 is 18.0 Å². The number of aromatic amines is 1. The van der Waals surface area contributed by atoms with Crippen LogP contribution in [0.5, 0.6) is 0 Å². The zero-order valence-corrected chi connectivity index (χ0v) is 16.1. The third-order valence-corrected chi connectivity index (χ3v) is 4.76. The van der Waals surface area contributed by atoms with Crippen molar-refractivity contribution in [3.63, 3.8) is 0 Å². The Balaban J connectivity index is 1.62. The van der Waals surface area contributed by atoms with Crippen LogP contribution < -0.4 is 15.8 Å². The maximum atomic E-state index is 12.8. The van der Waals surface area contributed by atoms with Crippen LogP contribution in [0, 0.1) is 0 Å². The topological polar surface area (TPSA) is 81.3 Å². The van der Waals surface area contributed by atoms with E-state index in [-0.39, 0.29) is 17.9 Å². The van der Waals surface area contributed by atoms with Gasteiger partial charge in [-0.3, -0.25) is 14.6 Å². The average Bonchev–Trinajstić information content (AvgIpc) is 2.67. The van der Waals surface area contributed by atoms with Crippen LogP contribution in [0.1, 0.15) is 28.9 Å². The van der Waals surface area contributed by atoms with Crippen molar-refractivity contribution in [2.75, 3.05) is 37.4 Å². The van der Waals surface area contributed by atoms with E-state index in [1.807, 2.05) is 37.2 Å². The van der Waals surface area contributed by atoms with Gasteiger partial charge in [0.2, 0.25) is 5.95 Å². The van der Waals surface area contributed by atoms with Gasteiger partial charge < -0.3 is 15.1 Å². The molecule has 0 bridgehead atoms. The second-order valence-corrected chi connectivity index (χ2v) is 7.13. The predicted molar refractivity (Wildman–Crippen MR) is 103 cm³/mol. The maximum absolute atomic E-state index is 12.8. The molecule has 10 heteroatoms. The van der Waals surface area contributed by atoms with E-state index in [0.717, 1.165) is 5.69 Å². The summed E-state index contributed by atoms with van der Waals surface area (Å²) in [6, 6.07) is 7.55. The first-order valence-corrected chi connectivity index (χ1v) is 9.15. The van der Waals surface area contributed by atoms with E-state index in [1.54, 1.807) is 11.0 Å². The standard InChI is InChI=1S/C19H22F3N5O2/c1-26(2)14-5-3-4-12(10-14)17(29)27-8-6-13(7-9-27)23-18-24-15(19(20,21)22)11-16(28)25-18/h3-5,10-11,13H,6-9H2,1-2H3,(H2,23,24,25,28). The Morgan fingerprint density at radius 3 is 2.55 bits per heavy atom. The Kier molecular flexibility index (Phi) is 5.81. The molecule has 2 N–H and O–H groups in total. The van der Waals surface area contributed by atoms with Crippen LogP contribution in [0.4, 0.5) is 24.8 Å². The number of rotatable bonds is 4. The van der Waals surface area contributed by atoms with Crippen molar-refractivity contribution in [2.45, 2.75) is 25.1 Å². The molecule has 29 heavy (non-hydrogen) atoms. The highest BCUT2D eigenvalue weighted by Crippen LogP contribution is 2.27. The molecule has 0 unspecified atom stereocenters. The van der Waals surface area contributed by atoms with Crippen molar-refractivity contribution in [1.82, 2.24) is 14.9 Å². The Morgan fingerprint density at radius 1 is 1.24 bits per heavy atom. The van der Waals surface area contributed by atoms with E-state index in [4.69, 9.17) is 0 Å². The number of benzene rings is 1. The van der Waals surface area contributed by atoms with Crippen LogP contribution in [0.25, 0.3) is 0 Å². The minimum atomic E-state index is -4.69. The van der Waals surface area contributed by atoms with E-state index in [9.17, 15) is 22.8 Å². The minimum Gasteiger partial charge on any atom is -0.378 e. The number of H-pyrrole nitrogens is 1. The fourth-order valence-electron chi connectivity index (χ4n) is 3.19. The van der Waals surface area contributed by atoms with Gasteiger partial charge in [-0.05, 0) is 31.0 Å². The monoisotopic (exact) mass is 409 g/mol. The molecule has 7 nitrogen and oxygen atoms in total. The number of halogens is 3. The molecule has 0 saturated carbocycles. The summed E-state index contributed by atoms with van der Waals surface area (Å²) in [6.07, 6.45) is -3.64. The van der Waals surface area contributed by atoms with E-state index in [1.165, 1.54) is 0 Å². The van der Waals surface area contributed by atoms with Crippen LogP contribution in [-0.4, -0.2) is 54.0 Å². The predicted octanol–water partition coefficient (Wildman–Crippen LogP) is 2.57. The van der Waals surface area contributed by atoms with Crippen molar-refractivity contribution in [3.8, 4) is 0 Å². The lowest BCUT2D eigenvalue weighted by atomic mass is 10.0. The van der Waals surface area contributed by atoms with Crippen molar-refractivity contribution >= 4 is 17.5 Å². The molecule has 1 saturated heterocycles. The SMILES string of the molecule is CN(C)c1cccc(C(=O)N2CCC(Nc3nc(C(F)(F)F)cc(=O)[nH]3)CC2)c1.